The molecule has 1 nitrogen and oxygen atoms in total. The van der Waals surface area contributed by atoms with Crippen LogP contribution in [0.4, 0.5) is 4.39 Å². The van der Waals surface area contributed by atoms with Crippen LogP contribution in [0.2, 0.25) is 0 Å². The van der Waals surface area contributed by atoms with Crippen LogP contribution >= 0.6 is 11.3 Å². The van der Waals surface area contributed by atoms with Crippen molar-refractivity contribution in [1.29, 1.82) is 0 Å². The molecule has 96 valence electrons. The lowest BCUT2D eigenvalue weighted by atomic mass is 10.1. The molecule has 1 N–H and O–H groups in total. The van der Waals surface area contributed by atoms with Crippen molar-refractivity contribution < 1.29 is 4.39 Å². The zero-order valence-corrected chi connectivity index (χ0v) is 11.6. The Morgan fingerprint density at radius 1 is 1.17 bits per heavy atom. The molecule has 0 aliphatic heterocycles. The number of hydrogen-bond donors (Lipinski definition) is 1. The Balaban J connectivity index is 1.80. The van der Waals surface area contributed by atoms with Crippen LogP contribution in [0, 0.1) is 12.7 Å². The highest BCUT2D eigenvalue weighted by molar-refractivity contribution is 7.12. The molecule has 1 aromatic carbocycles. The summed E-state index contributed by atoms with van der Waals surface area (Å²) in [5, 5.41) is 3.49. The maximum absolute atomic E-state index is 12.7. The molecule has 0 saturated carbocycles. The second kappa shape index (κ2) is 6.12. The average molecular weight is 263 g/mol. The Morgan fingerprint density at radius 2 is 1.89 bits per heavy atom. The van der Waals surface area contributed by atoms with Crippen molar-refractivity contribution >= 4 is 11.3 Å². The first kappa shape index (κ1) is 13.2. The van der Waals surface area contributed by atoms with Gasteiger partial charge in [-0.1, -0.05) is 12.1 Å². The summed E-state index contributed by atoms with van der Waals surface area (Å²) in [6.45, 7) is 5.21. The lowest BCUT2D eigenvalue weighted by Gasteiger charge is -2.11. The van der Waals surface area contributed by atoms with Gasteiger partial charge in [0, 0.05) is 15.8 Å². The normalized spacial score (nSPS) is 12.6. The van der Waals surface area contributed by atoms with Gasteiger partial charge in [-0.3, -0.25) is 0 Å². The van der Waals surface area contributed by atoms with E-state index in [0.29, 0.717) is 6.04 Å². The van der Waals surface area contributed by atoms with Gasteiger partial charge in [0.1, 0.15) is 5.82 Å². The Bertz CT molecular complexity index is 489. The molecular formula is C15H18FNS. The van der Waals surface area contributed by atoms with E-state index in [9.17, 15) is 4.39 Å². The van der Waals surface area contributed by atoms with Crippen LogP contribution in [0.15, 0.2) is 36.4 Å². The summed E-state index contributed by atoms with van der Waals surface area (Å²) in [4.78, 5) is 2.71. The van der Waals surface area contributed by atoms with E-state index < -0.39 is 0 Å². The molecule has 1 unspecified atom stereocenters. The molecule has 0 aliphatic carbocycles. The third-order valence-corrected chi connectivity index (χ3v) is 4.15. The summed E-state index contributed by atoms with van der Waals surface area (Å²) >= 11 is 1.83. The molecule has 0 saturated heterocycles. The van der Waals surface area contributed by atoms with Crippen LogP contribution in [-0.2, 0) is 6.42 Å². The van der Waals surface area contributed by atoms with Gasteiger partial charge >= 0.3 is 0 Å². The second-order valence-electron chi connectivity index (χ2n) is 4.50. The quantitative estimate of drug-likeness (QED) is 0.856. The van der Waals surface area contributed by atoms with Gasteiger partial charge in [0.2, 0.25) is 0 Å². The predicted molar refractivity (Wildman–Crippen MR) is 75.6 cm³/mol. The minimum Gasteiger partial charge on any atom is -0.309 e. The van der Waals surface area contributed by atoms with E-state index in [1.807, 2.05) is 23.5 Å². The third kappa shape index (κ3) is 3.65. The number of aryl methyl sites for hydroxylation is 1. The minimum atomic E-state index is -0.172. The number of rotatable bonds is 5. The first-order valence-corrected chi connectivity index (χ1v) is 7.01. The molecule has 0 amide bonds. The molecule has 1 atom stereocenters. The Kier molecular flexibility index (Phi) is 4.50. The molecule has 1 aromatic heterocycles. The molecule has 18 heavy (non-hydrogen) atoms. The van der Waals surface area contributed by atoms with Gasteiger partial charge in [0.15, 0.2) is 0 Å². The second-order valence-corrected chi connectivity index (χ2v) is 5.82. The smallest absolute Gasteiger partial charge is 0.123 e. The molecule has 3 heteroatoms. The van der Waals surface area contributed by atoms with E-state index in [2.05, 4.69) is 31.3 Å². The Morgan fingerprint density at radius 3 is 2.50 bits per heavy atom. The van der Waals surface area contributed by atoms with E-state index in [1.165, 1.54) is 27.5 Å². The van der Waals surface area contributed by atoms with Crippen molar-refractivity contribution in [1.82, 2.24) is 5.32 Å². The van der Waals surface area contributed by atoms with Gasteiger partial charge in [-0.05, 0) is 56.6 Å². The van der Waals surface area contributed by atoms with Gasteiger partial charge in [-0.2, -0.15) is 0 Å². The summed E-state index contributed by atoms with van der Waals surface area (Å²) in [6, 6.07) is 11.4. The van der Waals surface area contributed by atoms with Crippen molar-refractivity contribution in [3.05, 3.63) is 57.5 Å². The van der Waals surface area contributed by atoms with E-state index in [4.69, 9.17) is 0 Å². The van der Waals surface area contributed by atoms with Crippen LogP contribution in [0.3, 0.4) is 0 Å². The van der Waals surface area contributed by atoms with Gasteiger partial charge in [-0.15, -0.1) is 11.3 Å². The van der Waals surface area contributed by atoms with Crippen LogP contribution in [0.1, 0.15) is 28.3 Å². The number of hydrogen-bond acceptors (Lipinski definition) is 2. The van der Waals surface area contributed by atoms with Crippen molar-refractivity contribution in [2.45, 2.75) is 26.3 Å². The number of nitrogens with one attached hydrogen (secondary N) is 1. The number of halogens is 1. The molecular weight excluding hydrogens is 245 g/mol. The standard InChI is InChI=1S/C15H18FNS/c1-11-3-8-15(18-11)12(2)17-10-9-13-4-6-14(16)7-5-13/h3-8,12,17H,9-10H2,1-2H3. The van der Waals surface area contributed by atoms with Crippen LogP contribution in [0.25, 0.3) is 0 Å². The van der Waals surface area contributed by atoms with E-state index in [0.717, 1.165) is 13.0 Å². The van der Waals surface area contributed by atoms with E-state index in [-0.39, 0.29) is 5.82 Å². The van der Waals surface area contributed by atoms with Gasteiger partial charge < -0.3 is 5.32 Å². The number of benzene rings is 1. The van der Waals surface area contributed by atoms with Crippen LogP contribution in [-0.4, -0.2) is 6.54 Å². The molecule has 0 radical (unpaired) electrons. The highest BCUT2D eigenvalue weighted by Gasteiger charge is 2.06. The van der Waals surface area contributed by atoms with Gasteiger partial charge in [0.25, 0.3) is 0 Å². The largest absolute Gasteiger partial charge is 0.309 e. The fraction of sp³-hybridized carbons (Fsp3) is 0.333. The van der Waals surface area contributed by atoms with Crippen LogP contribution < -0.4 is 5.32 Å². The fourth-order valence-corrected chi connectivity index (χ4v) is 2.77. The molecule has 2 rings (SSSR count). The van der Waals surface area contributed by atoms with Crippen molar-refractivity contribution in [2.24, 2.45) is 0 Å². The lowest BCUT2D eigenvalue weighted by Crippen LogP contribution is -2.20. The SMILES string of the molecule is Cc1ccc(C(C)NCCc2ccc(F)cc2)s1. The van der Waals surface area contributed by atoms with E-state index in [1.54, 1.807) is 0 Å². The maximum atomic E-state index is 12.7. The zero-order chi connectivity index (χ0) is 13.0. The minimum absolute atomic E-state index is 0.172. The summed E-state index contributed by atoms with van der Waals surface area (Å²) in [5.74, 6) is -0.172. The molecule has 0 bridgehead atoms. The van der Waals surface area contributed by atoms with Crippen molar-refractivity contribution in [3.8, 4) is 0 Å². The van der Waals surface area contributed by atoms with Crippen molar-refractivity contribution in [2.75, 3.05) is 6.54 Å². The maximum Gasteiger partial charge on any atom is 0.123 e. The monoisotopic (exact) mass is 263 g/mol. The zero-order valence-electron chi connectivity index (χ0n) is 10.7. The average Bonchev–Trinajstić information content (AvgIpc) is 2.78. The van der Waals surface area contributed by atoms with Crippen molar-refractivity contribution in [3.63, 3.8) is 0 Å². The Hall–Kier alpha value is -1.19. The molecule has 0 fully saturated rings. The highest BCUT2D eigenvalue weighted by Crippen LogP contribution is 2.22. The third-order valence-electron chi connectivity index (χ3n) is 2.97. The first-order chi connectivity index (χ1) is 8.65. The van der Waals surface area contributed by atoms with Gasteiger partial charge in [0.05, 0.1) is 0 Å². The fourth-order valence-electron chi connectivity index (χ4n) is 1.87. The summed E-state index contributed by atoms with van der Waals surface area (Å²) in [6.07, 6.45) is 0.926. The summed E-state index contributed by atoms with van der Waals surface area (Å²) in [5.41, 5.74) is 1.17. The predicted octanol–water partition coefficient (Wildman–Crippen LogP) is 4.09. The lowest BCUT2D eigenvalue weighted by molar-refractivity contribution is 0.583. The summed E-state index contributed by atoms with van der Waals surface area (Å²) in [7, 11) is 0. The molecule has 1 heterocycles. The molecule has 2 aromatic rings. The van der Waals surface area contributed by atoms with Crippen LogP contribution in [0.5, 0.6) is 0 Å². The van der Waals surface area contributed by atoms with E-state index >= 15 is 0 Å². The number of thiophene rings is 1. The topological polar surface area (TPSA) is 12.0 Å². The van der Waals surface area contributed by atoms with Gasteiger partial charge in [-0.25, -0.2) is 4.39 Å². The Labute approximate surface area is 112 Å². The highest BCUT2D eigenvalue weighted by atomic mass is 32.1. The molecule has 0 aliphatic rings. The first-order valence-electron chi connectivity index (χ1n) is 6.19. The summed E-state index contributed by atoms with van der Waals surface area (Å²) < 4.78 is 12.7. The molecule has 0 spiro atoms.